The lowest BCUT2D eigenvalue weighted by Gasteiger charge is -2.13. The van der Waals surface area contributed by atoms with Gasteiger partial charge in [-0.05, 0) is 96.9 Å². The number of aromatic nitrogens is 1. The molecule has 3 aromatic carbocycles. The first-order valence-corrected chi connectivity index (χ1v) is 16.0. The molecule has 2 aromatic heterocycles. The monoisotopic (exact) mass is 628 g/mol. The number of nitrogens with zero attached hydrogens (tertiary/aromatic N) is 1. The van der Waals surface area contributed by atoms with Crippen LogP contribution in [0, 0.1) is 0 Å². The molecule has 5 rings (SSSR count). The van der Waals surface area contributed by atoms with E-state index < -0.39 is 5.91 Å². The second-order valence-electron chi connectivity index (χ2n) is 9.24. The Balaban J connectivity index is 1.20. The Labute approximate surface area is 261 Å². The smallest absolute Gasteiger partial charge is 0.272 e. The van der Waals surface area contributed by atoms with Crippen LogP contribution in [0.2, 0.25) is 0 Å². The number of amides is 3. The minimum absolute atomic E-state index is 0.125. The maximum absolute atomic E-state index is 13.2. The zero-order chi connectivity index (χ0) is 30.2. The Hall–Kier alpha value is -4.45. The molecule has 8 nitrogen and oxygen atoms in total. The fraction of sp³-hybridized carbons (Fsp3) is 0.125. The number of hydrogen-bond donors (Lipinski definition) is 3. The molecule has 0 saturated carbocycles. The summed E-state index contributed by atoms with van der Waals surface area (Å²) in [5.41, 5.74) is 2.74. The van der Waals surface area contributed by atoms with E-state index in [1.165, 1.54) is 34.4 Å². The largest absolute Gasteiger partial charge is 0.494 e. The Morgan fingerprint density at radius 3 is 2.51 bits per heavy atom. The van der Waals surface area contributed by atoms with Gasteiger partial charge in [0.25, 0.3) is 11.8 Å². The van der Waals surface area contributed by atoms with Gasteiger partial charge in [0.05, 0.1) is 22.1 Å². The Morgan fingerprint density at radius 2 is 1.79 bits per heavy atom. The third kappa shape index (κ3) is 8.10. The summed E-state index contributed by atoms with van der Waals surface area (Å²) >= 11 is 4.29. The fourth-order valence-corrected chi connectivity index (χ4v) is 6.34. The van der Waals surface area contributed by atoms with E-state index in [0.717, 1.165) is 26.4 Å². The zero-order valence-corrected chi connectivity index (χ0v) is 25.8. The van der Waals surface area contributed by atoms with Crippen molar-refractivity contribution in [3.8, 4) is 5.75 Å². The lowest BCUT2D eigenvalue weighted by molar-refractivity contribution is -0.115. The Morgan fingerprint density at radius 1 is 1.00 bits per heavy atom. The van der Waals surface area contributed by atoms with Crippen molar-refractivity contribution in [2.24, 2.45) is 0 Å². The van der Waals surface area contributed by atoms with Gasteiger partial charge in [0.1, 0.15) is 11.4 Å². The summed E-state index contributed by atoms with van der Waals surface area (Å²) in [4.78, 5) is 44.2. The number of thiophene rings is 1. The minimum atomic E-state index is -0.451. The molecule has 43 heavy (non-hydrogen) atoms. The van der Waals surface area contributed by atoms with Crippen LogP contribution in [-0.2, 0) is 9.59 Å². The average Bonchev–Trinajstić information content (AvgIpc) is 3.67. The van der Waals surface area contributed by atoms with Gasteiger partial charge in [-0.25, -0.2) is 4.98 Å². The van der Waals surface area contributed by atoms with Gasteiger partial charge in [-0.15, -0.1) is 11.8 Å². The molecule has 0 aliphatic heterocycles. The molecule has 1 unspecified atom stereocenters. The highest BCUT2D eigenvalue weighted by Crippen LogP contribution is 2.31. The van der Waals surface area contributed by atoms with Crippen LogP contribution in [0.4, 0.5) is 10.8 Å². The average molecular weight is 629 g/mol. The molecule has 3 N–H and O–H groups in total. The fourth-order valence-electron chi connectivity index (χ4n) is 3.96. The predicted molar refractivity (Wildman–Crippen MR) is 176 cm³/mol. The second kappa shape index (κ2) is 14.1. The molecule has 0 aliphatic rings. The van der Waals surface area contributed by atoms with Crippen LogP contribution >= 0.6 is 34.4 Å². The third-order valence-corrected chi connectivity index (χ3v) is 8.83. The number of carbonyl (C=O) groups excluding carboxylic acids is 3. The van der Waals surface area contributed by atoms with E-state index in [-0.39, 0.29) is 22.8 Å². The summed E-state index contributed by atoms with van der Waals surface area (Å²) < 4.78 is 6.49. The first-order chi connectivity index (χ1) is 20.9. The van der Waals surface area contributed by atoms with Crippen molar-refractivity contribution in [1.82, 2.24) is 10.3 Å². The molecule has 11 heteroatoms. The van der Waals surface area contributed by atoms with Gasteiger partial charge in [0, 0.05) is 16.1 Å². The van der Waals surface area contributed by atoms with Crippen LogP contribution < -0.4 is 20.7 Å². The summed E-state index contributed by atoms with van der Waals surface area (Å²) in [5.74, 6) is -0.222. The molecule has 0 fully saturated rings. The van der Waals surface area contributed by atoms with Gasteiger partial charge in [-0.1, -0.05) is 29.5 Å². The minimum Gasteiger partial charge on any atom is -0.494 e. The van der Waals surface area contributed by atoms with Crippen molar-refractivity contribution in [3.63, 3.8) is 0 Å². The molecule has 218 valence electrons. The van der Waals surface area contributed by atoms with Crippen molar-refractivity contribution in [2.45, 2.75) is 24.0 Å². The van der Waals surface area contributed by atoms with Crippen molar-refractivity contribution in [3.05, 3.63) is 106 Å². The van der Waals surface area contributed by atoms with E-state index in [1.54, 1.807) is 42.5 Å². The van der Waals surface area contributed by atoms with Gasteiger partial charge in [-0.3, -0.25) is 14.4 Å². The highest BCUT2D eigenvalue weighted by atomic mass is 32.2. The summed E-state index contributed by atoms with van der Waals surface area (Å²) in [6, 6.07) is 23.4. The van der Waals surface area contributed by atoms with Crippen LogP contribution in [0.15, 0.2) is 100 Å². The highest BCUT2D eigenvalue weighted by molar-refractivity contribution is 8.00. The maximum Gasteiger partial charge on any atom is 0.272 e. The topological polar surface area (TPSA) is 109 Å². The lowest BCUT2D eigenvalue weighted by atomic mass is 10.2. The first-order valence-electron chi connectivity index (χ1n) is 13.4. The molecule has 0 spiro atoms. The summed E-state index contributed by atoms with van der Waals surface area (Å²) in [5, 5.41) is 12.4. The quantitative estimate of drug-likeness (QED) is 0.105. The van der Waals surface area contributed by atoms with Crippen LogP contribution in [0.25, 0.3) is 16.3 Å². The van der Waals surface area contributed by atoms with Crippen LogP contribution in [0.1, 0.15) is 29.8 Å². The lowest BCUT2D eigenvalue weighted by Crippen LogP contribution is -2.30. The predicted octanol–water partition coefficient (Wildman–Crippen LogP) is 7.29. The zero-order valence-electron chi connectivity index (χ0n) is 23.3. The van der Waals surface area contributed by atoms with E-state index in [4.69, 9.17) is 4.74 Å². The molecule has 0 saturated heterocycles. The summed E-state index contributed by atoms with van der Waals surface area (Å²) in [6.45, 7) is 4.34. The van der Waals surface area contributed by atoms with E-state index >= 15 is 0 Å². The Bertz CT molecular complexity index is 1750. The SMILES string of the molecule is CCOc1ccc2nc(NC(=O)C(C)Sc3ccc(NC(=O)/C(=C/c4ccsc4)NC(=O)c4ccccc4)cc3)sc2c1. The van der Waals surface area contributed by atoms with Crippen LogP contribution in [-0.4, -0.2) is 34.6 Å². The number of nitrogens with one attached hydrogen (secondary N) is 3. The molecule has 2 heterocycles. The molecular weight excluding hydrogens is 601 g/mol. The molecule has 0 aliphatic carbocycles. The van der Waals surface area contributed by atoms with Crippen molar-refractivity contribution in [2.75, 3.05) is 17.2 Å². The molecule has 0 bridgehead atoms. The number of ether oxygens (including phenoxy) is 1. The van der Waals surface area contributed by atoms with E-state index in [9.17, 15) is 14.4 Å². The van der Waals surface area contributed by atoms with Crippen molar-refractivity contribution < 1.29 is 19.1 Å². The van der Waals surface area contributed by atoms with Gasteiger partial charge >= 0.3 is 0 Å². The standard InChI is InChI=1S/C32H28N4O4S3/c1-3-40-24-11-14-26-28(18-24)43-32(35-26)36-29(37)20(2)42-25-12-9-23(10-13-25)33-31(39)27(17-21-15-16-41-19-21)34-30(38)22-7-5-4-6-8-22/h4-20H,3H2,1-2H3,(H,33,39)(H,34,38)(H,35,36,37)/b27-17-. The normalized spacial score (nSPS) is 12.0. The molecule has 3 amide bonds. The van der Waals surface area contributed by atoms with Gasteiger partial charge in [0.15, 0.2) is 5.13 Å². The maximum atomic E-state index is 13.2. The number of hydrogen-bond acceptors (Lipinski definition) is 8. The van der Waals surface area contributed by atoms with Gasteiger partial charge in [-0.2, -0.15) is 11.3 Å². The summed E-state index contributed by atoms with van der Waals surface area (Å²) in [7, 11) is 0. The second-order valence-corrected chi connectivity index (χ2v) is 12.5. The molecular formula is C32H28N4O4S3. The number of rotatable bonds is 11. The molecule has 5 aromatic rings. The van der Waals surface area contributed by atoms with Crippen molar-refractivity contribution >= 4 is 79.3 Å². The number of carbonyl (C=O) groups is 3. The number of thiazole rings is 1. The van der Waals surface area contributed by atoms with E-state index in [2.05, 4.69) is 20.9 Å². The Kier molecular flexibility index (Phi) is 9.88. The number of benzene rings is 3. The van der Waals surface area contributed by atoms with E-state index in [1.807, 2.05) is 67.1 Å². The molecule has 0 radical (unpaired) electrons. The van der Waals surface area contributed by atoms with E-state index in [0.29, 0.717) is 23.0 Å². The van der Waals surface area contributed by atoms with Crippen LogP contribution in [0.3, 0.4) is 0 Å². The number of thioether (sulfide) groups is 1. The van der Waals surface area contributed by atoms with Gasteiger partial charge < -0.3 is 20.7 Å². The van der Waals surface area contributed by atoms with Crippen molar-refractivity contribution in [1.29, 1.82) is 0 Å². The van der Waals surface area contributed by atoms with Crippen LogP contribution in [0.5, 0.6) is 5.75 Å². The number of anilines is 2. The van der Waals surface area contributed by atoms with Gasteiger partial charge in [0.2, 0.25) is 5.91 Å². The number of fused-ring (bicyclic) bond motifs is 1. The molecule has 1 atom stereocenters. The first kappa shape index (κ1) is 30.0. The third-order valence-electron chi connectivity index (χ3n) is 6.08. The highest BCUT2D eigenvalue weighted by Gasteiger charge is 2.18. The summed E-state index contributed by atoms with van der Waals surface area (Å²) in [6.07, 6.45) is 1.64.